The maximum atomic E-state index is 11.6. The molecule has 0 bridgehead atoms. The lowest BCUT2D eigenvalue weighted by Crippen LogP contribution is -2.38. The van der Waals surface area contributed by atoms with Gasteiger partial charge >= 0.3 is 5.97 Å². The number of hydrogen-bond acceptors (Lipinski definition) is 5. The molecule has 1 N–H and O–H groups in total. The first-order chi connectivity index (χ1) is 9.11. The van der Waals surface area contributed by atoms with Gasteiger partial charge < -0.3 is 10.1 Å². The molecule has 0 radical (unpaired) electrons. The number of rotatable bonds is 8. The standard InChI is InChI=1S/C13H20N2O3S/c1-3-18-13(17)10-15(2)9-12(16)14-7-6-11-5-4-8-19-11/h4-5,8H,3,6-7,9-10H2,1-2H3,(H,14,16). The third-order valence-electron chi connectivity index (χ3n) is 2.39. The first-order valence-electron chi connectivity index (χ1n) is 6.25. The summed E-state index contributed by atoms with van der Waals surface area (Å²) in [5.41, 5.74) is 0. The van der Waals surface area contributed by atoms with Gasteiger partial charge in [-0.1, -0.05) is 6.07 Å². The summed E-state index contributed by atoms with van der Waals surface area (Å²) in [7, 11) is 1.72. The van der Waals surface area contributed by atoms with Crippen LogP contribution in [0.4, 0.5) is 0 Å². The largest absolute Gasteiger partial charge is 0.465 e. The maximum Gasteiger partial charge on any atom is 0.320 e. The number of carbonyl (C=O) groups is 2. The van der Waals surface area contributed by atoms with Crippen LogP contribution in [0.3, 0.4) is 0 Å². The third-order valence-corrected chi connectivity index (χ3v) is 3.33. The highest BCUT2D eigenvalue weighted by Crippen LogP contribution is 2.07. The van der Waals surface area contributed by atoms with E-state index in [0.717, 1.165) is 6.42 Å². The van der Waals surface area contributed by atoms with Gasteiger partial charge in [0.2, 0.25) is 5.91 Å². The molecule has 1 aromatic rings. The first-order valence-corrected chi connectivity index (χ1v) is 7.13. The van der Waals surface area contributed by atoms with Gasteiger partial charge in [0.25, 0.3) is 0 Å². The Morgan fingerprint density at radius 3 is 2.84 bits per heavy atom. The molecule has 1 aromatic heterocycles. The number of likely N-dealkylation sites (N-methyl/N-ethyl adjacent to an activating group) is 1. The van der Waals surface area contributed by atoms with Crippen molar-refractivity contribution in [3.05, 3.63) is 22.4 Å². The Balaban J connectivity index is 2.14. The van der Waals surface area contributed by atoms with Gasteiger partial charge in [-0.3, -0.25) is 14.5 Å². The van der Waals surface area contributed by atoms with Crippen molar-refractivity contribution >= 4 is 23.2 Å². The SMILES string of the molecule is CCOC(=O)CN(C)CC(=O)NCCc1cccs1. The van der Waals surface area contributed by atoms with Crippen molar-refractivity contribution < 1.29 is 14.3 Å². The molecule has 0 atom stereocenters. The highest BCUT2D eigenvalue weighted by Gasteiger charge is 2.10. The zero-order valence-corrected chi connectivity index (χ0v) is 12.2. The fourth-order valence-corrected chi connectivity index (χ4v) is 2.27. The molecule has 0 aromatic carbocycles. The van der Waals surface area contributed by atoms with Crippen LogP contribution < -0.4 is 5.32 Å². The summed E-state index contributed by atoms with van der Waals surface area (Å²) in [6.07, 6.45) is 0.838. The molecule has 1 amide bonds. The van der Waals surface area contributed by atoms with E-state index in [4.69, 9.17) is 4.74 Å². The second-order valence-corrected chi connectivity index (χ2v) is 5.19. The van der Waals surface area contributed by atoms with Crippen LogP contribution in [-0.2, 0) is 20.7 Å². The Labute approximate surface area is 117 Å². The second-order valence-electron chi connectivity index (χ2n) is 4.16. The molecule has 0 saturated carbocycles. The number of esters is 1. The fourth-order valence-electron chi connectivity index (χ4n) is 1.56. The summed E-state index contributed by atoms with van der Waals surface area (Å²) in [5, 5.41) is 4.85. The van der Waals surface area contributed by atoms with Crippen molar-refractivity contribution in [3.8, 4) is 0 Å². The van der Waals surface area contributed by atoms with Gasteiger partial charge in [-0.25, -0.2) is 0 Å². The number of carbonyl (C=O) groups excluding carboxylic acids is 2. The minimum absolute atomic E-state index is 0.0802. The number of amides is 1. The number of nitrogens with zero attached hydrogens (tertiary/aromatic N) is 1. The molecule has 0 fully saturated rings. The van der Waals surface area contributed by atoms with E-state index >= 15 is 0 Å². The molecule has 0 unspecified atom stereocenters. The molecule has 6 heteroatoms. The van der Waals surface area contributed by atoms with Crippen LogP contribution in [0.1, 0.15) is 11.8 Å². The van der Waals surface area contributed by atoms with Gasteiger partial charge in [-0.2, -0.15) is 0 Å². The molecule has 0 aliphatic rings. The molecule has 5 nitrogen and oxygen atoms in total. The summed E-state index contributed by atoms with van der Waals surface area (Å²) in [4.78, 5) is 25.7. The van der Waals surface area contributed by atoms with Crippen molar-refractivity contribution in [3.63, 3.8) is 0 Å². The number of hydrogen-bond donors (Lipinski definition) is 1. The zero-order valence-electron chi connectivity index (χ0n) is 11.3. The Morgan fingerprint density at radius 2 is 2.21 bits per heavy atom. The number of thiophene rings is 1. The summed E-state index contributed by atoms with van der Waals surface area (Å²) >= 11 is 1.68. The van der Waals surface area contributed by atoms with Crippen LogP contribution in [0.5, 0.6) is 0 Å². The Hall–Kier alpha value is -1.40. The second kappa shape index (κ2) is 8.66. The molecule has 0 saturated heterocycles. The average molecular weight is 284 g/mol. The lowest BCUT2D eigenvalue weighted by atomic mass is 10.3. The van der Waals surface area contributed by atoms with Crippen molar-refractivity contribution in [2.45, 2.75) is 13.3 Å². The molecule has 0 spiro atoms. The smallest absolute Gasteiger partial charge is 0.320 e. The van der Waals surface area contributed by atoms with Crippen LogP contribution in [0.25, 0.3) is 0 Å². The van der Waals surface area contributed by atoms with Crippen molar-refractivity contribution in [1.29, 1.82) is 0 Å². The van der Waals surface area contributed by atoms with Gasteiger partial charge in [0, 0.05) is 11.4 Å². The van der Waals surface area contributed by atoms with Crippen LogP contribution in [0.15, 0.2) is 17.5 Å². The van der Waals surface area contributed by atoms with Crippen molar-refractivity contribution in [1.82, 2.24) is 10.2 Å². The maximum absolute atomic E-state index is 11.6. The third kappa shape index (κ3) is 6.93. The van der Waals surface area contributed by atoms with Gasteiger partial charge in [0.1, 0.15) is 0 Å². The fraction of sp³-hybridized carbons (Fsp3) is 0.538. The van der Waals surface area contributed by atoms with E-state index in [1.54, 1.807) is 30.2 Å². The van der Waals surface area contributed by atoms with Crippen LogP contribution in [0, 0.1) is 0 Å². The van der Waals surface area contributed by atoms with Gasteiger partial charge in [-0.15, -0.1) is 11.3 Å². The molecule has 0 aliphatic carbocycles. The Kier molecular flexibility index (Phi) is 7.14. The summed E-state index contributed by atoms with van der Waals surface area (Å²) in [6.45, 7) is 3.07. The van der Waals surface area contributed by atoms with Gasteiger partial charge in [-0.05, 0) is 31.8 Å². The molecular weight excluding hydrogens is 264 g/mol. The highest BCUT2D eigenvalue weighted by molar-refractivity contribution is 7.09. The molecular formula is C13H20N2O3S. The summed E-state index contributed by atoms with van der Waals surface area (Å²) < 4.78 is 4.81. The van der Waals surface area contributed by atoms with Crippen LogP contribution in [0.2, 0.25) is 0 Å². The van der Waals surface area contributed by atoms with E-state index in [-0.39, 0.29) is 25.0 Å². The van der Waals surface area contributed by atoms with Crippen molar-refractivity contribution in [2.75, 3.05) is 33.3 Å². The van der Waals surface area contributed by atoms with Crippen molar-refractivity contribution in [2.24, 2.45) is 0 Å². The minimum atomic E-state index is -0.309. The van der Waals surface area contributed by atoms with Gasteiger partial charge in [0.05, 0.1) is 19.7 Å². The molecule has 1 rings (SSSR count). The first kappa shape index (κ1) is 15.7. The minimum Gasteiger partial charge on any atom is -0.465 e. The number of ether oxygens (including phenoxy) is 1. The lowest BCUT2D eigenvalue weighted by Gasteiger charge is -2.15. The zero-order chi connectivity index (χ0) is 14.1. The van der Waals surface area contributed by atoms with Crippen LogP contribution in [-0.4, -0.2) is 50.1 Å². The molecule has 19 heavy (non-hydrogen) atoms. The Morgan fingerprint density at radius 1 is 1.42 bits per heavy atom. The summed E-state index contributed by atoms with van der Waals surface area (Å²) in [6, 6.07) is 4.04. The van der Waals surface area contributed by atoms with E-state index in [1.165, 1.54) is 4.88 Å². The molecule has 106 valence electrons. The van der Waals surface area contributed by atoms with E-state index in [0.29, 0.717) is 13.2 Å². The number of nitrogens with one attached hydrogen (secondary N) is 1. The topological polar surface area (TPSA) is 58.6 Å². The van der Waals surface area contributed by atoms with Gasteiger partial charge in [0.15, 0.2) is 0 Å². The van der Waals surface area contributed by atoms with E-state index in [9.17, 15) is 9.59 Å². The van der Waals surface area contributed by atoms with Crippen LogP contribution >= 0.6 is 11.3 Å². The van der Waals surface area contributed by atoms with E-state index in [2.05, 4.69) is 5.32 Å². The van der Waals surface area contributed by atoms with E-state index in [1.807, 2.05) is 17.5 Å². The quantitative estimate of drug-likeness (QED) is 0.721. The predicted octanol–water partition coefficient (Wildman–Crippen LogP) is 0.902. The monoisotopic (exact) mass is 284 g/mol. The predicted molar refractivity (Wildman–Crippen MR) is 75.2 cm³/mol. The summed E-state index contributed by atoms with van der Waals surface area (Å²) in [5.74, 6) is -0.389. The molecule has 0 aliphatic heterocycles. The molecule has 1 heterocycles. The normalized spacial score (nSPS) is 10.5. The lowest BCUT2D eigenvalue weighted by molar-refractivity contribution is -0.144. The van der Waals surface area contributed by atoms with E-state index < -0.39 is 0 Å². The highest BCUT2D eigenvalue weighted by atomic mass is 32.1. The average Bonchev–Trinajstić information content (AvgIpc) is 2.81. The Bertz CT molecular complexity index is 393.